The normalized spacial score (nSPS) is 10.3. The fourth-order valence-corrected chi connectivity index (χ4v) is 2.19. The summed E-state index contributed by atoms with van der Waals surface area (Å²) in [7, 11) is 0. The monoisotopic (exact) mass is 264 g/mol. The maximum absolute atomic E-state index is 11.4. The highest BCUT2D eigenvalue weighted by molar-refractivity contribution is 7.98. The van der Waals surface area contributed by atoms with Crippen molar-refractivity contribution in [2.24, 2.45) is 5.84 Å². The Bertz CT molecular complexity index is 555. The highest BCUT2D eigenvalue weighted by Gasteiger charge is 2.14. The minimum absolute atomic E-state index is 0.371. The van der Waals surface area contributed by atoms with Crippen LogP contribution in [0.5, 0.6) is 0 Å². The molecule has 6 nitrogen and oxygen atoms in total. The van der Waals surface area contributed by atoms with Gasteiger partial charge in [-0.15, -0.1) is 0 Å². The zero-order valence-corrected chi connectivity index (χ0v) is 10.5. The van der Waals surface area contributed by atoms with E-state index < -0.39 is 0 Å². The minimum Gasteiger partial charge on any atom is -0.468 e. The molecule has 0 saturated heterocycles. The van der Waals surface area contributed by atoms with Crippen molar-refractivity contribution in [3.8, 4) is 0 Å². The van der Waals surface area contributed by atoms with Crippen molar-refractivity contribution in [3.05, 3.63) is 41.6 Å². The van der Waals surface area contributed by atoms with Gasteiger partial charge in [-0.05, 0) is 19.1 Å². The Kier molecular flexibility index (Phi) is 3.96. The van der Waals surface area contributed by atoms with Gasteiger partial charge >= 0.3 is 0 Å². The zero-order valence-electron chi connectivity index (χ0n) is 9.71. The number of hydrogen-bond acceptors (Lipinski definition) is 6. The van der Waals surface area contributed by atoms with E-state index in [4.69, 9.17) is 10.3 Å². The summed E-state index contributed by atoms with van der Waals surface area (Å²) < 4.78 is 5.25. The summed E-state index contributed by atoms with van der Waals surface area (Å²) in [4.78, 5) is 19.8. The molecule has 0 unspecified atom stereocenters. The number of carbonyl (C=O) groups is 1. The second-order valence-corrected chi connectivity index (χ2v) is 4.44. The van der Waals surface area contributed by atoms with Crippen LogP contribution in [-0.4, -0.2) is 15.9 Å². The largest absolute Gasteiger partial charge is 0.468 e. The molecule has 0 bridgehead atoms. The number of nitrogens with zero attached hydrogens (tertiary/aromatic N) is 2. The predicted octanol–water partition coefficient (Wildman–Crippen LogP) is 1.27. The maximum Gasteiger partial charge on any atom is 0.268 e. The summed E-state index contributed by atoms with van der Waals surface area (Å²) in [6, 6.07) is 3.40. The number of furan rings is 1. The van der Waals surface area contributed by atoms with Gasteiger partial charge < -0.3 is 4.42 Å². The third-order valence-corrected chi connectivity index (χ3v) is 3.09. The van der Waals surface area contributed by atoms with E-state index in [1.54, 1.807) is 12.3 Å². The number of aromatic nitrogens is 2. The van der Waals surface area contributed by atoms with E-state index in [2.05, 4.69) is 15.4 Å². The third-order valence-electron chi connectivity index (χ3n) is 2.23. The smallest absolute Gasteiger partial charge is 0.268 e. The van der Waals surface area contributed by atoms with E-state index in [0.29, 0.717) is 22.2 Å². The van der Waals surface area contributed by atoms with Crippen molar-refractivity contribution in [2.75, 3.05) is 0 Å². The van der Waals surface area contributed by atoms with Crippen LogP contribution in [0.4, 0.5) is 0 Å². The molecular weight excluding hydrogens is 252 g/mol. The summed E-state index contributed by atoms with van der Waals surface area (Å²) in [5.41, 5.74) is 3.40. The van der Waals surface area contributed by atoms with Crippen LogP contribution in [0.1, 0.15) is 21.8 Å². The fourth-order valence-electron chi connectivity index (χ4n) is 1.36. The Hall–Kier alpha value is -1.86. The van der Waals surface area contributed by atoms with Crippen LogP contribution in [-0.2, 0) is 5.75 Å². The molecule has 2 rings (SSSR count). The number of amides is 1. The molecule has 2 aromatic heterocycles. The number of nitrogens with two attached hydrogens (primary N) is 1. The minimum atomic E-state index is -0.371. The van der Waals surface area contributed by atoms with E-state index in [1.165, 1.54) is 18.0 Å². The van der Waals surface area contributed by atoms with Gasteiger partial charge in [0.15, 0.2) is 5.16 Å². The summed E-state index contributed by atoms with van der Waals surface area (Å²) in [5.74, 6) is 5.74. The Morgan fingerprint density at radius 2 is 2.39 bits per heavy atom. The van der Waals surface area contributed by atoms with Crippen LogP contribution >= 0.6 is 11.8 Å². The number of nitrogen functional groups attached to an aromatic ring is 1. The number of hydrogen-bond donors (Lipinski definition) is 2. The Morgan fingerprint density at radius 3 is 3.11 bits per heavy atom. The molecule has 0 spiro atoms. The lowest BCUT2D eigenvalue weighted by Crippen LogP contribution is -2.30. The Labute approximate surface area is 108 Å². The average molecular weight is 264 g/mol. The third kappa shape index (κ3) is 2.88. The molecule has 2 heterocycles. The average Bonchev–Trinajstić information content (AvgIpc) is 2.84. The summed E-state index contributed by atoms with van der Waals surface area (Å²) in [5, 5.41) is 0.644. The van der Waals surface area contributed by atoms with Crippen LogP contribution in [0.15, 0.2) is 34.2 Å². The summed E-state index contributed by atoms with van der Waals surface area (Å²) >= 11 is 1.40. The molecule has 0 aliphatic rings. The molecule has 3 N–H and O–H groups in total. The second kappa shape index (κ2) is 5.65. The quantitative estimate of drug-likeness (QED) is 0.284. The lowest BCUT2D eigenvalue weighted by atomic mass is 10.2. The lowest BCUT2D eigenvalue weighted by molar-refractivity contribution is 0.0952. The van der Waals surface area contributed by atoms with E-state index in [1.807, 2.05) is 13.0 Å². The molecular formula is C11H12N4O2S. The van der Waals surface area contributed by atoms with Crippen molar-refractivity contribution in [3.63, 3.8) is 0 Å². The van der Waals surface area contributed by atoms with Gasteiger partial charge in [0.2, 0.25) is 0 Å². The molecule has 0 aliphatic carbocycles. The van der Waals surface area contributed by atoms with Gasteiger partial charge in [0, 0.05) is 11.9 Å². The fraction of sp³-hybridized carbons (Fsp3) is 0.182. The molecule has 0 saturated carbocycles. The first-order valence-corrected chi connectivity index (χ1v) is 6.19. The zero-order chi connectivity index (χ0) is 13.0. The Morgan fingerprint density at radius 1 is 1.56 bits per heavy atom. The molecule has 7 heteroatoms. The second-order valence-electron chi connectivity index (χ2n) is 3.50. The van der Waals surface area contributed by atoms with Crippen molar-refractivity contribution >= 4 is 17.7 Å². The van der Waals surface area contributed by atoms with Crippen LogP contribution in [0.3, 0.4) is 0 Å². The van der Waals surface area contributed by atoms with Gasteiger partial charge in [0.25, 0.3) is 5.91 Å². The van der Waals surface area contributed by atoms with Gasteiger partial charge in [0.05, 0.1) is 17.6 Å². The summed E-state index contributed by atoms with van der Waals surface area (Å²) in [6.07, 6.45) is 3.15. The standard InChI is InChI=1S/C11H12N4O2S/c1-7-2-4-13-11(14-7)18-6-9-8(3-5-17-9)10(16)15-12/h2-5H,6,12H2,1H3,(H,15,16). The molecule has 0 aliphatic heterocycles. The summed E-state index contributed by atoms with van der Waals surface area (Å²) in [6.45, 7) is 1.89. The highest BCUT2D eigenvalue weighted by atomic mass is 32.2. The molecule has 1 amide bonds. The first-order chi connectivity index (χ1) is 8.70. The van der Waals surface area contributed by atoms with Crippen molar-refractivity contribution in [1.82, 2.24) is 15.4 Å². The maximum atomic E-state index is 11.4. The van der Waals surface area contributed by atoms with Crippen molar-refractivity contribution in [1.29, 1.82) is 0 Å². The van der Waals surface area contributed by atoms with Crippen LogP contribution in [0.2, 0.25) is 0 Å². The molecule has 18 heavy (non-hydrogen) atoms. The number of thioether (sulfide) groups is 1. The molecule has 0 radical (unpaired) electrons. The number of rotatable bonds is 4. The van der Waals surface area contributed by atoms with Gasteiger partial charge in [-0.25, -0.2) is 15.8 Å². The van der Waals surface area contributed by atoms with Crippen LogP contribution in [0, 0.1) is 6.92 Å². The van der Waals surface area contributed by atoms with E-state index >= 15 is 0 Å². The van der Waals surface area contributed by atoms with Gasteiger partial charge in [-0.3, -0.25) is 10.2 Å². The van der Waals surface area contributed by atoms with Gasteiger partial charge in [-0.1, -0.05) is 11.8 Å². The van der Waals surface area contributed by atoms with E-state index in [-0.39, 0.29) is 5.91 Å². The Balaban J connectivity index is 2.07. The van der Waals surface area contributed by atoms with E-state index in [0.717, 1.165) is 5.69 Å². The molecule has 0 fully saturated rings. The molecule has 0 aromatic carbocycles. The van der Waals surface area contributed by atoms with E-state index in [9.17, 15) is 4.79 Å². The predicted molar refractivity (Wildman–Crippen MR) is 66.7 cm³/mol. The van der Waals surface area contributed by atoms with Crippen molar-refractivity contribution in [2.45, 2.75) is 17.8 Å². The number of carbonyl (C=O) groups excluding carboxylic acids is 1. The SMILES string of the molecule is Cc1ccnc(SCc2occc2C(=O)NN)n1. The van der Waals surface area contributed by atoms with Gasteiger partial charge in [-0.2, -0.15) is 0 Å². The van der Waals surface area contributed by atoms with Gasteiger partial charge in [0.1, 0.15) is 5.76 Å². The first kappa shape index (κ1) is 12.6. The van der Waals surface area contributed by atoms with Crippen molar-refractivity contribution < 1.29 is 9.21 Å². The topological polar surface area (TPSA) is 94.0 Å². The lowest BCUT2D eigenvalue weighted by Gasteiger charge is -2.01. The number of nitrogens with one attached hydrogen (secondary N) is 1. The number of aryl methyl sites for hydroxylation is 1. The highest BCUT2D eigenvalue weighted by Crippen LogP contribution is 2.22. The molecule has 94 valence electrons. The van der Waals surface area contributed by atoms with Crippen LogP contribution < -0.4 is 11.3 Å². The van der Waals surface area contributed by atoms with Crippen LogP contribution in [0.25, 0.3) is 0 Å². The first-order valence-electron chi connectivity index (χ1n) is 5.20. The molecule has 0 atom stereocenters. The number of hydrazine groups is 1. The molecule has 2 aromatic rings.